The largest absolute Gasteiger partial charge is 0.316 e. The van der Waals surface area contributed by atoms with Crippen LogP contribution in [0.4, 0.5) is 0 Å². The highest BCUT2D eigenvalue weighted by Gasteiger charge is 2.06. The lowest BCUT2D eigenvalue weighted by atomic mass is 9.93. The molecule has 1 atom stereocenters. The molecule has 1 unspecified atom stereocenters. The Hall–Kier alpha value is -2.12. The molecule has 1 aliphatic rings. The van der Waals surface area contributed by atoms with Crippen molar-refractivity contribution in [3.8, 4) is 0 Å². The van der Waals surface area contributed by atoms with Crippen molar-refractivity contribution in [2.75, 3.05) is 13.6 Å². The lowest BCUT2D eigenvalue weighted by molar-refractivity contribution is 0.631. The fraction of sp³-hybridized carbons (Fsp3) is 0.333. The molecule has 0 saturated heterocycles. The molecule has 2 rings (SSSR count). The van der Waals surface area contributed by atoms with Gasteiger partial charge in [0.2, 0.25) is 0 Å². The molecule has 0 aromatic heterocycles. The van der Waals surface area contributed by atoms with Crippen LogP contribution in [0.2, 0.25) is 0 Å². The summed E-state index contributed by atoms with van der Waals surface area (Å²) in [5.41, 5.74) is 6.16. The van der Waals surface area contributed by atoms with Crippen molar-refractivity contribution in [1.29, 1.82) is 0 Å². The summed E-state index contributed by atoms with van der Waals surface area (Å²) in [5.74, 6) is 0.694. The van der Waals surface area contributed by atoms with E-state index in [1.54, 1.807) is 0 Å². The summed E-state index contributed by atoms with van der Waals surface area (Å²) in [7, 11) is 1.98. The van der Waals surface area contributed by atoms with Gasteiger partial charge in [0.1, 0.15) is 0 Å². The van der Waals surface area contributed by atoms with Gasteiger partial charge in [-0.05, 0) is 60.1 Å². The molecule has 0 radical (unpaired) electrons. The van der Waals surface area contributed by atoms with Crippen molar-refractivity contribution < 1.29 is 0 Å². The van der Waals surface area contributed by atoms with Crippen LogP contribution in [0, 0.1) is 5.92 Å². The number of aryl methyl sites for hydroxylation is 1. The number of hydrogen-bond acceptors (Lipinski definition) is 1. The third-order valence-corrected chi connectivity index (χ3v) is 4.73. The van der Waals surface area contributed by atoms with Gasteiger partial charge in [0.05, 0.1) is 0 Å². The Morgan fingerprint density at radius 1 is 1.24 bits per heavy atom. The Labute approximate surface area is 153 Å². The van der Waals surface area contributed by atoms with Crippen molar-refractivity contribution >= 4 is 6.08 Å². The Balaban J connectivity index is 2.09. The van der Waals surface area contributed by atoms with E-state index in [1.807, 2.05) is 7.05 Å². The van der Waals surface area contributed by atoms with Crippen molar-refractivity contribution in [1.82, 2.24) is 5.32 Å². The number of allylic oxidation sites excluding steroid dienone is 6. The lowest BCUT2D eigenvalue weighted by Crippen LogP contribution is -2.11. The van der Waals surface area contributed by atoms with Crippen molar-refractivity contribution in [3.05, 3.63) is 89.1 Å². The predicted octanol–water partition coefficient (Wildman–Crippen LogP) is 5.88. The topological polar surface area (TPSA) is 12.0 Å². The highest BCUT2D eigenvalue weighted by atomic mass is 14.8. The number of hydrogen-bond donors (Lipinski definition) is 1. The van der Waals surface area contributed by atoms with Gasteiger partial charge in [-0.15, -0.1) is 0 Å². The maximum atomic E-state index is 4.27. The molecule has 1 N–H and O–H groups in total. The van der Waals surface area contributed by atoms with Gasteiger partial charge in [0.15, 0.2) is 0 Å². The van der Waals surface area contributed by atoms with Crippen LogP contribution in [-0.2, 0) is 6.42 Å². The summed E-state index contributed by atoms with van der Waals surface area (Å²) in [6.45, 7) is 9.52. The minimum Gasteiger partial charge on any atom is -0.316 e. The van der Waals surface area contributed by atoms with Gasteiger partial charge in [0, 0.05) is 6.54 Å². The van der Waals surface area contributed by atoms with Gasteiger partial charge in [0.25, 0.3) is 0 Å². The Morgan fingerprint density at radius 3 is 2.56 bits per heavy atom. The van der Waals surface area contributed by atoms with Crippen molar-refractivity contribution in [2.24, 2.45) is 5.92 Å². The first kappa shape index (κ1) is 19.2. The van der Waals surface area contributed by atoms with E-state index >= 15 is 0 Å². The van der Waals surface area contributed by atoms with Crippen molar-refractivity contribution in [3.63, 3.8) is 0 Å². The second-order valence-corrected chi connectivity index (χ2v) is 6.62. The summed E-state index contributed by atoms with van der Waals surface area (Å²) in [6.07, 6.45) is 16.8. The van der Waals surface area contributed by atoms with E-state index in [0.717, 1.165) is 25.0 Å². The normalized spacial score (nSPS) is 17.8. The molecule has 0 spiro atoms. The molecule has 1 aromatic carbocycles. The molecular formula is C24H31N. The van der Waals surface area contributed by atoms with Crippen LogP contribution < -0.4 is 5.32 Å². The summed E-state index contributed by atoms with van der Waals surface area (Å²) < 4.78 is 0. The van der Waals surface area contributed by atoms with Gasteiger partial charge in [-0.3, -0.25) is 0 Å². The second kappa shape index (κ2) is 10.0. The van der Waals surface area contributed by atoms with E-state index < -0.39 is 0 Å². The second-order valence-electron chi connectivity index (χ2n) is 6.62. The molecule has 0 aliphatic heterocycles. The van der Waals surface area contributed by atoms with Crippen molar-refractivity contribution in [2.45, 2.75) is 33.1 Å². The molecule has 0 bridgehead atoms. The maximum Gasteiger partial charge on any atom is 0.0208 e. The number of likely N-dealkylation sites (N-methyl/N-ethyl adjacent to an activating group) is 1. The number of nitrogens with one attached hydrogen (secondary N) is 1. The SMILES string of the molecule is C=C(/C=C/c1ccc(CC)cc1)/C(=C/C1=CCC(CC)C=C1)CNC. The molecule has 0 amide bonds. The molecule has 1 heteroatoms. The van der Waals surface area contributed by atoms with Gasteiger partial charge < -0.3 is 5.32 Å². The molecule has 1 nitrogen and oxygen atoms in total. The zero-order chi connectivity index (χ0) is 18.1. The smallest absolute Gasteiger partial charge is 0.0208 e. The minimum absolute atomic E-state index is 0.694. The van der Waals surface area contributed by atoms with Gasteiger partial charge in [-0.1, -0.05) is 81.1 Å². The molecule has 0 heterocycles. The van der Waals surface area contributed by atoms with Crippen LogP contribution >= 0.6 is 0 Å². The number of rotatable bonds is 8. The lowest BCUT2D eigenvalue weighted by Gasteiger charge is -2.14. The van der Waals surface area contributed by atoms with E-state index in [9.17, 15) is 0 Å². The predicted molar refractivity (Wildman–Crippen MR) is 112 cm³/mol. The van der Waals surface area contributed by atoms with Gasteiger partial charge in [-0.2, -0.15) is 0 Å². The molecule has 0 fully saturated rings. The first-order chi connectivity index (χ1) is 12.2. The quantitative estimate of drug-likeness (QED) is 0.586. The summed E-state index contributed by atoms with van der Waals surface area (Å²) in [4.78, 5) is 0. The molecule has 1 aromatic rings. The molecule has 0 saturated carbocycles. The monoisotopic (exact) mass is 333 g/mol. The van der Waals surface area contributed by atoms with Crippen LogP contribution in [0.1, 0.15) is 37.8 Å². The summed E-state index contributed by atoms with van der Waals surface area (Å²) >= 11 is 0. The Kier molecular flexibility index (Phi) is 7.69. The fourth-order valence-corrected chi connectivity index (χ4v) is 2.91. The average Bonchev–Trinajstić information content (AvgIpc) is 2.66. The van der Waals surface area contributed by atoms with Gasteiger partial charge in [-0.25, -0.2) is 0 Å². The van der Waals surface area contributed by atoms with E-state index in [4.69, 9.17) is 0 Å². The molecule has 25 heavy (non-hydrogen) atoms. The molecular weight excluding hydrogens is 302 g/mol. The third kappa shape index (κ3) is 6.03. The van der Waals surface area contributed by atoms with E-state index in [1.165, 1.54) is 28.7 Å². The summed E-state index contributed by atoms with van der Waals surface area (Å²) in [5, 5.41) is 3.26. The maximum absolute atomic E-state index is 4.27. The zero-order valence-electron chi connectivity index (χ0n) is 15.9. The van der Waals surface area contributed by atoms with Crippen LogP contribution in [0.25, 0.3) is 6.08 Å². The highest BCUT2D eigenvalue weighted by molar-refractivity contribution is 5.57. The standard InChI is InChI=1S/C24H31N/c1-5-20-9-13-22(14-10-20)8-7-19(3)24(18-25-4)17-23-15-11-21(6-2)12-16-23/h7-11,13-17,21,25H,3,5-6,12,18H2,1-2,4H3/b8-7+,24-17+. The van der Waals surface area contributed by atoms with Crippen LogP contribution in [0.3, 0.4) is 0 Å². The van der Waals surface area contributed by atoms with Crippen LogP contribution in [-0.4, -0.2) is 13.6 Å². The van der Waals surface area contributed by atoms with E-state index in [-0.39, 0.29) is 0 Å². The molecule has 132 valence electrons. The highest BCUT2D eigenvalue weighted by Crippen LogP contribution is 2.22. The number of benzene rings is 1. The van der Waals surface area contributed by atoms with Gasteiger partial charge >= 0.3 is 0 Å². The third-order valence-electron chi connectivity index (χ3n) is 4.73. The average molecular weight is 334 g/mol. The summed E-state index contributed by atoms with van der Waals surface area (Å²) in [6, 6.07) is 8.71. The van der Waals surface area contributed by atoms with Crippen LogP contribution in [0.15, 0.2) is 77.9 Å². The first-order valence-electron chi connectivity index (χ1n) is 9.36. The zero-order valence-corrected chi connectivity index (χ0v) is 15.9. The van der Waals surface area contributed by atoms with E-state index in [0.29, 0.717) is 5.92 Å². The van der Waals surface area contributed by atoms with Crippen LogP contribution in [0.5, 0.6) is 0 Å². The van der Waals surface area contributed by atoms with E-state index in [2.05, 4.69) is 86.5 Å². The molecule has 1 aliphatic carbocycles. The minimum atomic E-state index is 0.694. The first-order valence-corrected chi connectivity index (χ1v) is 9.36. The fourth-order valence-electron chi connectivity index (χ4n) is 2.91. The Bertz CT molecular complexity index is 683. The Morgan fingerprint density at radius 2 is 2.00 bits per heavy atom.